The molecule has 0 saturated heterocycles. The van der Waals surface area contributed by atoms with Gasteiger partial charge in [0.2, 0.25) is 10.1 Å². The van der Waals surface area contributed by atoms with E-state index in [1.165, 1.54) is 20.7 Å². The highest BCUT2D eigenvalue weighted by Crippen LogP contribution is 2.23. The third kappa shape index (κ3) is 3.92. The summed E-state index contributed by atoms with van der Waals surface area (Å²) in [5.41, 5.74) is 0.682. The Morgan fingerprint density at radius 1 is 1.35 bits per heavy atom. The molecule has 7 heteroatoms. The van der Waals surface area contributed by atoms with Gasteiger partial charge in [0, 0.05) is 28.5 Å². The highest BCUT2D eigenvalue weighted by molar-refractivity contribution is 8.00. The maximum atomic E-state index is 12.0. The molecule has 0 aliphatic heterocycles. The first-order valence-corrected chi connectivity index (χ1v) is 9.20. The second-order valence-corrected chi connectivity index (χ2v) is 7.63. The fourth-order valence-corrected chi connectivity index (χ4v) is 3.89. The van der Waals surface area contributed by atoms with Crippen LogP contribution in [0.1, 0.15) is 19.5 Å². The molecular weight excluding hydrogens is 328 g/mol. The van der Waals surface area contributed by atoms with Crippen molar-refractivity contribution in [3.8, 4) is 0 Å². The molecule has 2 heterocycles. The maximum absolute atomic E-state index is 12.0. The zero-order chi connectivity index (χ0) is 16.2. The monoisotopic (exact) mass is 346 g/mol. The van der Waals surface area contributed by atoms with Gasteiger partial charge in [-0.2, -0.15) is 4.52 Å². The van der Waals surface area contributed by atoms with Crippen molar-refractivity contribution in [3.63, 3.8) is 0 Å². The first-order chi connectivity index (χ1) is 11.2. The number of anilines is 1. The van der Waals surface area contributed by atoms with Crippen LogP contribution in [-0.2, 0) is 6.42 Å². The molecule has 0 bridgehead atoms. The minimum atomic E-state index is -0.122. The molecule has 1 atom stereocenters. The molecule has 0 radical (unpaired) electrons. The molecule has 0 spiro atoms. The predicted molar refractivity (Wildman–Crippen MR) is 96.8 cm³/mol. The molecule has 0 aliphatic carbocycles. The highest BCUT2D eigenvalue weighted by atomic mass is 32.2. The van der Waals surface area contributed by atoms with E-state index in [9.17, 15) is 4.79 Å². The molecule has 23 heavy (non-hydrogen) atoms. The number of rotatable bonds is 6. The Balaban J connectivity index is 1.67. The third-order valence-electron chi connectivity index (χ3n) is 3.28. The van der Waals surface area contributed by atoms with E-state index in [2.05, 4.69) is 34.5 Å². The lowest BCUT2D eigenvalue weighted by Gasteiger charge is -2.11. The summed E-state index contributed by atoms with van der Waals surface area (Å²) in [5.74, 6) is 0. The van der Waals surface area contributed by atoms with Gasteiger partial charge >= 0.3 is 0 Å². The lowest BCUT2D eigenvalue weighted by molar-refractivity contribution is 0.871. The summed E-state index contributed by atoms with van der Waals surface area (Å²) in [6.07, 6.45) is 0.747. The van der Waals surface area contributed by atoms with E-state index in [0.29, 0.717) is 10.2 Å². The van der Waals surface area contributed by atoms with Crippen LogP contribution in [0.3, 0.4) is 0 Å². The molecule has 1 unspecified atom stereocenters. The van der Waals surface area contributed by atoms with E-state index in [0.717, 1.165) is 23.8 Å². The molecule has 1 N–H and O–H groups in total. The summed E-state index contributed by atoms with van der Waals surface area (Å²) in [6, 6.07) is 11.9. The van der Waals surface area contributed by atoms with Crippen LogP contribution in [0.15, 0.2) is 46.1 Å². The first kappa shape index (κ1) is 16.0. The first-order valence-electron chi connectivity index (χ1n) is 7.51. The van der Waals surface area contributed by atoms with E-state index in [4.69, 9.17) is 0 Å². The molecular formula is C16H18N4OS2. The Kier molecular flexibility index (Phi) is 4.97. The summed E-state index contributed by atoms with van der Waals surface area (Å²) in [4.78, 5) is 18.3. The van der Waals surface area contributed by atoms with Crippen molar-refractivity contribution in [2.24, 2.45) is 0 Å². The van der Waals surface area contributed by atoms with Crippen molar-refractivity contribution in [1.29, 1.82) is 0 Å². The smallest absolute Gasteiger partial charge is 0.275 e. The number of benzene rings is 1. The van der Waals surface area contributed by atoms with Gasteiger partial charge in [0.25, 0.3) is 5.56 Å². The Morgan fingerprint density at radius 3 is 2.87 bits per heavy atom. The lowest BCUT2D eigenvalue weighted by Crippen LogP contribution is -2.16. The Hall–Kier alpha value is -1.86. The van der Waals surface area contributed by atoms with Gasteiger partial charge in [0.05, 0.1) is 0 Å². The van der Waals surface area contributed by atoms with Crippen LogP contribution >= 0.6 is 23.1 Å². The quantitative estimate of drug-likeness (QED) is 0.694. The fourth-order valence-electron chi connectivity index (χ4n) is 2.11. The van der Waals surface area contributed by atoms with Gasteiger partial charge in [-0.15, -0.1) is 16.9 Å². The van der Waals surface area contributed by atoms with E-state index in [-0.39, 0.29) is 5.56 Å². The van der Waals surface area contributed by atoms with E-state index in [1.54, 1.807) is 6.07 Å². The van der Waals surface area contributed by atoms with E-state index >= 15 is 0 Å². The highest BCUT2D eigenvalue weighted by Gasteiger charge is 2.10. The summed E-state index contributed by atoms with van der Waals surface area (Å²) >= 11 is 3.22. The summed E-state index contributed by atoms with van der Waals surface area (Å²) in [7, 11) is 0. The third-order valence-corrected chi connectivity index (χ3v) is 5.26. The molecule has 0 saturated carbocycles. The second kappa shape index (κ2) is 7.14. The molecule has 0 aliphatic rings. The van der Waals surface area contributed by atoms with Crippen LogP contribution in [0.2, 0.25) is 0 Å². The van der Waals surface area contributed by atoms with Crippen molar-refractivity contribution in [2.75, 3.05) is 11.9 Å². The van der Waals surface area contributed by atoms with Crippen molar-refractivity contribution < 1.29 is 0 Å². The normalized spacial score (nSPS) is 12.4. The van der Waals surface area contributed by atoms with Gasteiger partial charge in [0.15, 0.2) is 0 Å². The number of aromatic nitrogens is 3. The second-order valence-electron chi connectivity index (χ2n) is 5.16. The van der Waals surface area contributed by atoms with Crippen LogP contribution in [0.4, 0.5) is 5.13 Å². The number of hydrogen-bond acceptors (Lipinski definition) is 6. The van der Waals surface area contributed by atoms with Crippen molar-refractivity contribution >= 4 is 33.2 Å². The van der Waals surface area contributed by atoms with Crippen LogP contribution in [0.5, 0.6) is 0 Å². The molecule has 120 valence electrons. The lowest BCUT2D eigenvalue weighted by atomic mass is 10.3. The summed E-state index contributed by atoms with van der Waals surface area (Å²) < 4.78 is 1.36. The number of thioether (sulfide) groups is 1. The van der Waals surface area contributed by atoms with Gasteiger partial charge < -0.3 is 5.32 Å². The molecule has 5 nitrogen and oxygen atoms in total. The summed E-state index contributed by atoms with van der Waals surface area (Å²) in [6.45, 7) is 4.92. The number of nitrogens with one attached hydrogen (secondary N) is 1. The Morgan fingerprint density at radius 2 is 2.13 bits per heavy atom. The van der Waals surface area contributed by atoms with Gasteiger partial charge in [0.1, 0.15) is 0 Å². The van der Waals surface area contributed by atoms with Gasteiger partial charge in [-0.3, -0.25) is 4.79 Å². The minimum Gasteiger partial charge on any atom is -0.359 e. The average Bonchev–Trinajstić information content (AvgIpc) is 2.97. The Labute approximate surface area is 142 Å². The molecule has 2 aromatic heterocycles. The Bertz CT molecular complexity index is 844. The molecule has 1 aromatic carbocycles. The average molecular weight is 346 g/mol. The van der Waals surface area contributed by atoms with Crippen molar-refractivity contribution in [3.05, 3.63) is 52.4 Å². The largest absolute Gasteiger partial charge is 0.359 e. The van der Waals surface area contributed by atoms with Crippen LogP contribution in [0, 0.1) is 0 Å². The summed E-state index contributed by atoms with van der Waals surface area (Å²) in [5, 5.41) is 8.73. The number of hydrogen-bond donors (Lipinski definition) is 1. The van der Waals surface area contributed by atoms with E-state index in [1.807, 2.05) is 36.9 Å². The maximum Gasteiger partial charge on any atom is 0.275 e. The minimum absolute atomic E-state index is 0.122. The van der Waals surface area contributed by atoms with Crippen molar-refractivity contribution in [1.82, 2.24) is 14.6 Å². The molecule has 3 aromatic rings. The predicted octanol–water partition coefficient (Wildman–Crippen LogP) is 3.31. The van der Waals surface area contributed by atoms with Crippen LogP contribution in [0.25, 0.3) is 4.96 Å². The standard InChI is InChI=1S/C16H18N4OS2/c1-3-12-9-14(21)20-16(18-12)23-15(19-20)17-10-11(2)22-13-7-5-4-6-8-13/h4-9,11H,3,10H2,1-2H3,(H,17,19). The molecule has 0 fully saturated rings. The van der Waals surface area contributed by atoms with Gasteiger partial charge in [-0.1, -0.05) is 43.4 Å². The van der Waals surface area contributed by atoms with Gasteiger partial charge in [-0.05, 0) is 18.6 Å². The zero-order valence-electron chi connectivity index (χ0n) is 13.0. The van der Waals surface area contributed by atoms with Crippen molar-refractivity contribution in [2.45, 2.75) is 30.4 Å². The SMILES string of the molecule is CCc1cc(=O)n2nc(NCC(C)Sc3ccccc3)sc2n1. The fraction of sp³-hybridized carbons (Fsp3) is 0.312. The number of nitrogens with zero attached hydrogens (tertiary/aromatic N) is 3. The number of aryl methyl sites for hydroxylation is 1. The number of fused-ring (bicyclic) bond motifs is 1. The van der Waals surface area contributed by atoms with Gasteiger partial charge in [-0.25, -0.2) is 4.98 Å². The zero-order valence-corrected chi connectivity index (χ0v) is 14.7. The topological polar surface area (TPSA) is 59.3 Å². The molecule has 3 rings (SSSR count). The molecule has 0 amide bonds. The van der Waals surface area contributed by atoms with Crippen LogP contribution < -0.4 is 10.9 Å². The van der Waals surface area contributed by atoms with E-state index < -0.39 is 0 Å². The van der Waals surface area contributed by atoms with Crippen LogP contribution in [-0.4, -0.2) is 26.4 Å².